The van der Waals surface area contributed by atoms with Crippen LogP contribution in [0.25, 0.3) is 0 Å². The molecule has 0 bridgehead atoms. The molecule has 5 heteroatoms. The Kier molecular flexibility index (Phi) is 7.59. The molecule has 2 aromatic carbocycles. The van der Waals surface area contributed by atoms with E-state index in [0.29, 0.717) is 12.5 Å². The zero-order valence-electron chi connectivity index (χ0n) is 16.6. The molecule has 0 heterocycles. The van der Waals surface area contributed by atoms with Crippen LogP contribution in [0.5, 0.6) is 11.5 Å². The van der Waals surface area contributed by atoms with Gasteiger partial charge in [0.05, 0.1) is 7.11 Å². The van der Waals surface area contributed by atoms with Crippen molar-refractivity contribution in [1.82, 2.24) is 5.32 Å². The molecule has 1 amide bonds. The number of carbonyl (C=O) groups excluding carboxylic acids is 1. The first-order valence-corrected chi connectivity index (χ1v) is 10.1. The van der Waals surface area contributed by atoms with E-state index in [9.17, 15) is 4.79 Å². The molecule has 5 nitrogen and oxygen atoms in total. The number of amides is 1. The maximum absolute atomic E-state index is 12.2. The van der Waals surface area contributed by atoms with Gasteiger partial charge in [-0.3, -0.25) is 4.79 Å². The monoisotopic (exact) mass is 382 g/mol. The Hall–Kier alpha value is -2.69. The third kappa shape index (κ3) is 6.19. The molecule has 1 fully saturated rings. The van der Waals surface area contributed by atoms with Crippen molar-refractivity contribution in [1.29, 1.82) is 0 Å². The molecule has 1 saturated carbocycles. The van der Waals surface area contributed by atoms with E-state index in [4.69, 9.17) is 9.47 Å². The molecule has 0 spiro atoms. The highest BCUT2D eigenvalue weighted by molar-refractivity contribution is 5.77. The summed E-state index contributed by atoms with van der Waals surface area (Å²) in [6, 6.07) is 15.6. The number of carbonyl (C=O) groups is 1. The minimum absolute atomic E-state index is 0.0445. The first-order chi connectivity index (χ1) is 13.7. The minimum Gasteiger partial charge on any atom is -0.497 e. The molecule has 0 saturated heterocycles. The van der Waals surface area contributed by atoms with Gasteiger partial charge < -0.3 is 20.1 Å². The number of methoxy groups -OCH3 is 1. The molecule has 0 unspecified atom stereocenters. The van der Waals surface area contributed by atoms with Gasteiger partial charge >= 0.3 is 0 Å². The molecule has 1 aliphatic rings. The van der Waals surface area contributed by atoms with Gasteiger partial charge in [-0.25, -0.2) is 0 Å². The summed E-state index contributed by atoms with van der Waals surface area (Å²) in [6.45, 7) is 1.41. The van der Waals surface area contributed by atoms with Crippen molar-refractivity contribution in [2.24, 2.45) is 5.92 Å². The third-order valence-electron chi connectivity index (χ3n) is 5.20. The van der Waals surface area contributed by atoms with Crippen LogP contribution in [0.15, 0.2) is 48.5 Å². The Morgan fingerprint density at radius 2 is 1.89 bits per heavy atom. The van der Waals surface area contributed by atoms with Crippen molar-refractivity contribution >= 4 is 11.6 Å². The molecule has 1 aliphatic carbocycles. The van der Waals surface area contributed by atoms with E-state index < -0.39 is 0 Å². The summed E-state index contributed by atoms with van der Waals surface area (Å²) in [5, 5.41) is 6.39. The quantitative estimate of drug-likeness (QED) is 0.676. The zero-order chi connectivity index (χ0) is 19.6. The Balaban J connectivity index is 1.48. The van der Waals surface area contributed by atoms with Crippen LogP contribution in [0.2, 0.25) is 0 Å². The van der Waals surface area contributed by atoms with Gasteiger partial charge in [0, 0.05) is 30.4 Å². The maximum atomic E-state index is 12.2. The number of benzene rings is 2. The normalized spacial score (nSPS) is 14.3. The number of para-hydroxylation sites is 1. The van der Waals surface area contributed by atoms with E-state index in [-0.39, 0.29) is 12.5 Å². The maximum Gasteiger partial charge on any atom is 0.257 e. The lowest BCUT2D eigenvalue weighted by molar-refractivity contribution is -0.123. The van der Waals surface area contributed by atoms with Crippen molar-refractivity contribution in [2.75, 3.05) is 25.6 Å². The van der Waals surface area contributed by atoms with Crippen molar-refractivity contribution in [3.8, 4) is 11.5 Å². The zero-order valence-corrected chi connectivity index (χ0v) is 16.6. The van der Waals surface area contributed by atoms with E-state index in [1.807, 2.05) is 48.5 Å². The predicted molar refractivity (Wildman–Crippen MR) is 112 cm³/mol. The van der Waals surface area contributed by atoms with E-state index in [0.717, 1.165) is 29.3 Å². The second kappa shape index (κ2) is 10.6. The van der Waals surface area contributed by atoms with Gasteiger partial charge in [0.2, 0.25) is 0 Å². The molecule has 0 radical (unpaired) electrons. The van der Waals surface area contributed by atoms with Crippen LogP contribution >= 0.6 is 0 Å². The van der Waals surface area contributed by atoms with Gasteiger partial charge in [-0.2, -0.15) is 0 Å². The van der Waals surface area contributed by atoms with Gasteiger partial charge in [0.25, 0.3) is 5.91 Å². The highest BCUT2D eigenvalue weighted by atomic mass is 16.5. The highest BCUT2D eigenvalue weighted by Gasteiger charge is 2.14. The smallest absolute Gasteiger partial charge is 0.257 e. The first kappa shape index (κ1) is 20.1. The average Bonchev–Trinajstić information content (AvgIpc) is 2.76. The van der Waals surface area contributed by atoms with E-state index in [1.165, 1.54) is 32.1 Å². The van der Waals surface area contributed by atoms with E-state index in [2.05, 4.69) is 10.6 Å². The van der Waals surface area contributed by atoms with E-state index in [1.54, 1.807) is 7.11 Å². The summed E-state index contributed by atoms with van der Waals surface area (Å²) in [7, 11) is 1.65. The molecular formula is C23H30N2O3. The van der Waals surface area contributed by atoms with Crippen molar-refractivity contribution in [3.63, 3.8) is 0 Å². The van der Waals surface area contributed by atoms with Crippen LogP contribution in [0.3, 0.4) is 0 Å². The minimum atomic E-state index is -0.0545. The second-order valence-electron chi connectivity index (χ2n) is 7.29. The summed E-state index contributed by atoms with van der Waals surface area (Å²) < 4.78 is 11.0. The van der Waals surface area contributed by atoms with Crippen LogP contribution in [0, 0.1) is 5.92 Å². The molecule has 2 aromatic rings. The standard InChI is InChI=1S/C23H30N2O3/c1-27-21-12-7-11-20(14-21)24-16-19-10-5-6-13-22(19)28-17-23(26)25-15-18-8-3-2-4-9-18/h5-7,10-14,18,24H,2-4,8-9,15-17H2,1H3,(H,25,26). The largest absolute Gasteiger partial charge is 0.497 e. The third-order valence-corrected chi connectivity index (χ3v) is 5.20. The number of anilines is 1. The van der Waals surface area contributed by atoms with Gasteiger partial charge in [-0.15, -0.1) is 0 Å². The van der Waals surface area contributed by atoms with Gasteiger partial charge in [0.15, 0.2) is 6.61 Å². The lowest BCUT2D eigenvalue weighted by atomic mass is 9.89. The topological polar surface area (TPSA) is 59.6 Å². The van der Waals surface area contributed by atoms with Crippen LogP contribution in [0.4, 0.5) is 5.69 Å². The predicted octanol–water partition coefficient (Wildman–Crippen LogP) is 4.38. The molecule has 0 aromatic heterocycles. The molecule has 0 aliphatic heterocycles. The number of hydrogen-bond donors (Lipinski definition) is 2. The lowest BCUT2D eigenvalue weighted by Gasteiger charge is -2.21. The number of nitrogens with one attached hydrogen (secondary N) is 2. The number of hydrogen-bond acceptors (Lipinski definition) is 4. The molecular weight excluding hydrogens is 352 g/mol. The highest BCUT2D eigenvalue weighted by Crippen LogP contribution is 2.23. The summed E-state index contributed by atoms with van der Waals surface area (Å²) in [5.41, 5.74) is 1.98. The molecule has 150 valence electrons. The Labute approximate surface area is 167 Å². The fraction of sp³-hybridized carbons (Fsp3) is 0.435. The van der Waals surface area contributed by atoms with Crippen LogP contribution < -0.4 is 20.1 Å². The van der Waals surface area contributed by atoms with Crippen LogP contribution in [0.1, 0.15) is 37.7 Å². The van der Waals surface area contributed by atoms with Crippen LogP contribution in [-0.2, 0) is 11.3 Å². The fourth-order valence-corrected chi connectivity index (χ4v) is 3.56. The number of rotatable bonds is 9. The summed E-state index contributed by atoms with van der Waals surface area (Å²) in [5.74, 6) is 2.10. The van der Waals surface area contributed by atoms with Crippen molar-refractivity contribution < 1.29 is 14.3 Å². The molecule has 28 heavy (non-hydrogen) atoms. The second-order valence-corrected chi connectivity index (χ2v) is 7.29. The molecule has 2 N–H and O–H groups in total. The lowest BCUT2D eigenvalue weighted by Crippen LogP contribution is -2.33. The summed E-state index contributed by atoms with van der Waals surface area (Å²) in [4.78, 5) is 12.2. The Bertz CT molecular complexity index is 757. The first-order valence-electron chi connectivity index (χ1n) is 10.1. The number of ether oxygens (including phenoxy) is 2. The van der Waals surface area contributed by atoms with Crippen molar-refractivity contribution in [3.05, 3.63) is 54.1 Å². The van der Waals surface area contributed by atoms with E-state index >= 15 is 0 Å². The van der Waals surface area contributed by atoms with Crippen molar-refractivity contribution in [2.45, 2.75) is 38.6 Å². The average molecular weight is 383 g/mol. The molecule has 3 rings (SSSR count). The summed E-state index contributed by atoms with van der Waals surface area (Å²) in [6.07, 6.45) is 6.34. The van der Waals surface area contributed by atoms with Gasteiger partial charge in [0.1, 0.15) is 11.5 Å². The fourth-order valence-electron chi connectivity index (χ4n) is 3.56. The summed E-state index contributed by atoms with van der Waals surface area (Å²) >= 11 is 0. The van der Waals surface area contributed by atoms with Gasteiger partial charge in [-0.05, 0) is 37.0 Å². The van der Waals surface area contributed by atoms with Crippen LogP contribution in [-0.4, -0.2) is 26.2 Å². The molecule has 0 atom stereocenters. The Morgan fingerprint density at radius 1 is 1.07 bits per heavy atom. The van der Waals surface area contributed by atoms with Gasteiger partial charge in [-0.1, -0.05) is 43.5 Å². The SMILES string of the molecule is COc1cccc(NCc2ccccc2OCC(=O)NCC2CCCCC2)c1. The Morgan fingerprint density at radius 3 is 2.71 bits per heavy atom.